The molecule has 0 spiro atoms. The molecule has 0 aliphatic carbocycles. The summed E-state index contributed by atoms with van der Waals surface area (Å²) in [7, 11) is -3.59. The van der Waals surface area contributed by atoms with E-state index in [1.165, 1.54) is 0 Å². The van der Waals surface area contributed by atoms with Gasteiger partial charge in [-0.15, -0.1) is 0 Å². The second-order valence-corrected chi connectivity index (χ2v) is 9.02. The van der Waals surface area contributed by atoms with Crippen LogP contribution < -0.4 is 5.32 Å². The minimum Gasteiger partial charge on any atom is -0.480 e. The van der Waals surface area contributed by atoms with Crippen molar-refractivity contribution in [1.29, 1.82) is 0 Å². The van der Waals surface area contributed by atoms with Crippen molar-refractivity contribution in [3.05, 3.63) is 39.3 Å². The minimum atomic E-state index is -3.71. The molecule has 2 N–H and O–H groups in total. The van der Waals surface area contributed by atoms with E-state index in [1.54, 1.807) is 5.32 Å². The number of rotatable bonds is 7. The molecule has 1 rings (SSSR count). The Morgan fingerprint density at radius 3 is 2.12 bits per heavy atom. The Morgan fingerprint density at radius 2 is 1.73 bits per heavy atom. The maximum absolute atomic E-state index is 13.8. The molecule has 1 atom stereocenters. The molecule has 1 aromatic rings. The van der Waals surface area contributed by atoms with Gasteiger partial charge in [-0.2, -0.15) is 0 Å². The van der Waals surface area contributed by atoms with E-state index in [1.807, 2.05) is 4.91 Å². The van der Waals surface area contributed by atoms with E-state index in [-0.39, 0.29) is 10.8 Å². The van der Waals surface area contributed by atoms with Crippen LogP contribution in [0.5, 0.6) is 0 Å². The number of azide groups is 1. The number of amides is 1. The average Bonchev–Trinajstić information content (AvgIpc) is 2.52. The largest absolute Gasteiger partial charge is 0.480 e. The molecule has 0 bridgehead atoms. The van der Waals surface area contributed by atoms with Gasteiger partial charge in [-0.25, -0.2) is 30.8 Å². The molecule has 1 aromatic carbocycles. The molecule has 0 heterocycles. The number of carboxylic acid groups (broad SMARTS) is 1. The summed E-state index contributed by atoms with van der Waals surface area (Å²) in [6, 6.07) is -1.94. The second-order valence-electron chi connectivity index (χ2n) is 4.52. The summed E-state index contributed by atoms with van der Waals surface area (Å²) in [5, 5.41) is 12.9. The highest BCUT2D eigenvalue weighted by molar-refractivity contribution is 8.71. The number of aliphatic carboxylic acids is 1. The smallest absolute Gasteiger partial charge is 0.327 e. The van der Waals surface area contributed by atoms with Gasteiger partial charge in [-0.05, 0) is 16.3 Å². The number of nitrogens with one attached hydrogen (secondary N) is 1. The summed E-state index contributed by atoms with van der Waals surface area (Å²) < 4.78 is 76.9. The van der Waals surface area contributed by atoms with Gasteiger partial charge in [-0.3, -0.25) is 4.79 Å². The number of carboxylic acids is 1. The summed E-state index contributed by atoms with van der Waals surface area (Å²) in [6.07, 6.45) is 0.747. The van der Waals surface area contributed by atoms with E-state index >= 15 is 0 Å². The van der Waals surface area contributed by atoms with Crippen molar-refractivity contribution in [2.45, 2.75) is 6.04 Å². The topological polar surface area (TPSA) is 149 Å². The van der Waals surface area contributed by atoms with Gasteiger partial charge in [0.05, 0.1) is 0 Å². The van der Waals surface area contributed by atoms with E-state index in [9.17, 15) is 35.6 Å². The van der Waals surface area contributed by atoms with Crippen LogP contribution in [0.15, 0.2) is 5.11 Å². The second kappa shape index (κ2) is 8.25. The first-order valence-corrected chi connectivity index (χ1v) is 9.59. The van der Waals surface area contributed by atoms with Gasteiger partial charge in [0.15, 0.2) is 32.1 Å². The van der Waals surface area contributed by atoms with E-state index in [2.05, 4.69) is 5.11 Å². The van der Waals surface area contributed by atoms with Crippen molar-refractivity contribution in [2.75, 3.05) is 12.0 Å². The van der Waals surface area contributed by atoms with Crippen LogP contribution in [-0.2, 0) is 13.7 Å². The van der Waals surface area contributed by atoms with Crippen LogP contribution in [0.4, 0.5) is 23.2 Å². The number of hydrogen-bond donors (Lipinski definition) is 2. The summed E-state index contributed by atoms with van der Waals surface area (Å²) >= 11 is 0. The minimum absolute atomic E-state index is 0.117. The third kappa shape index (κ3) is 5.00. The zero-order chi connectivity index (χ0) is 20.2. The van der Waals surface area contributed by atoms with Crippen LogP contribution in [0, 0.1) is 23.3 Å². The molecular formula is C11H8F4N4O5S2. The molecule has 0 fully saturated rings. The zero-order valence-corrected chi connectivity index (χ0v) is 14.2. The van der Waals surface area contributed by atoms with Gasteiger partial charge in [0, 0.05) is 16.9 Å². The fourth-order valence-electron chi connectivity index (χ4n) is 1.55. The number of carbonyl (C=O) groups excluding carboxylic acids is 1. The van der Waals surface area contributed by atoms with Crippen LogP contribution in [0.3, 0.4) is 0 Å². The standard InChI is InChI=1S/C11H8F4N4O5S2/c1-26(23,24)25-2-3(11(21)22)17-10(20)4-5(12)7(14)9(18-19-16)8(15)6(4)13/h3H,2H2,1H3,(H,17,20)(H,21,22)/t3-/m0/s1. The molecule has 0 unspecified atom stereocenters. The van der Waals surface area contributed by atoms with Crippen molar-refractivity contribution < 1.29 is 40.7 Å². The fourth-order valence-corrected chi connectivity index (χ4v) is 3.31. The first kappa shape index (κ1) is 21.5. The van der Waals surface area contributed by atoms with E-state index < -0.39 is 67.1 Å². The van der Waals surface area contributed by atoms with Crippen molar-refractivity contribution in [3.63, 3.8) is 0 Å². The maximum Gasteiger partial charge on any atom is 0.327 e. The number of halogens is 4. The maximum atomic E-state index is 13.8. The summed E-state index contributed by atoms with van der Waals surface area (Å²) in [5.41, 5.74) is 4.67. The van der Waals surface area contributed by atoms with Crippen molar-refractivity contribution in [1.82, 2.24) is 5.32 Å². The number of nitrogens with zero attached hydrogens (tertiary/aromatic N) is 3. The summed E-state index contributed by atoms with van der Waals surface area (Å²) in [6.45, 7) is 0. The van der Waals surface area contributed by atoms with Gasteiger partial charge in [0.1, 0.15) is 17.3 Å². The fraction of sp³-hybridized carbons (Fsp3) is 0.273. The summed E-state index contributed by atoms with van der Waals surface area (Å²) in [4.78, 5) is 24.8. The Hall–Kier alpha value is -2.51. The first-order chi connectivity index (χ1) is 11.9. The van der Waals surface area contributed by atoms with Gasteiger partial charge in [0.2, 0.25) is 0 Å². The van der Waals surface area contributed by atoms with E-state index in [4.69, 9.17) is 10.6 Å². The van der Waals surface area contributed by atoms with Crippen LogP contribution in [0.2, 0.25) is 0 Å². The number of benzene rings is 1. The molecule has 142 valence electrons. The number of hydrogen-bond acceptors (Lipinski definition) is 6. The Bertz CT molecular complexity index is 889. The molecule has 9 nitrogen and oxygen atoms in total. The highest BCUT2D eigenvalue weighted by Gasteiger charge is 2.31. The third-order valence-electron chi connectivity index (χ3n) is 2.66. The van der Waals surface area contributed by atoms with Crippen LogP contribution in [0.25, 0.3) is 10.4 Å². The lowest BCUT2D eigenvalue weighted by atomic mass is 10.1. The predicted octanol–water partition coefficient (Wildman–Crippen LogP) is 2.06. The van der Waals surface area contributed by atoms with Crippen LogP contribution >= 0.6 is 10.8 Å². The quantitative estimate of drug-likeness (QED) is 0.173. The van der Waals surface area contributed by atoms with Gasteiger partial charge >= 0.3 is 5.97 Å². The molecule has 15 heteroatoms. The van der Waals surface area contributed by atoms with Crippen LogP contribution in [-0.4, -0.2) is 43.5 Å². The van der Waals surface area contributed by atoms with Gasteiger partial charge < -0.3 is 10.4 Å². The molecule has 0 aliphatic rings. The zero-order valence-electron chi connectivity index (χ0n) is 12.5. The molecule has 0 aliphatic heterocycles. The third-order valence-corrected chi connectivity index (χ3v) is 5.25. The Kier molecular flexibility index (Phi) is 6.83. The highest BCUT2D eigenvalue weighted by Crippen LogP contribution is 2.30. The monoisotopic (exact) mass is 416 g/mol. The Morgan fingerprint density at radius 1 is 1.23 bits per heavy atom. The van der Waals surface area contributed by atoms with Crippen molar-refractivity contribution in [2.24, 2.45) is 5.11 Å². The van der Waals surface area contributed by atoms with E-state index in [0.29, 0.717) is 0 Å². The van der Waals surface area contributed by atoms with Crippen molar-refractivity contribution >= 4 is 37.2 Å². The lowest BCUT2D eigenvalue weighted by Crippen LogP contribution is -2.43. The Balaban J connectivity index is 3.28. The highest BCUT2D eigenvalue weighted by atomic mass is 33.1. The van der Waals surface area contributed by atoms with Gasteiger partial charge in [-0.1, -0.05) is 5.11 Å². The first-order valence-electron chi connectivity index (χ1n) is 6.19. The molecule has 0 saturated heterocycles. The lowest BCUT2D eigenvalue weighted by molar-refractivity contribution is -0.138. The molecule has 26 heavy (non-hydrogen) atoms. The molecule has 0 saturated carbocycles. The molecule has 1 amide bonds. The predicted molar refractivity (Wildman–Crippen MR) is 81.3 cm³/mol. The van der Waals surface area contributed by atoms with Gasteiger partial charge in [0.25, 0.3) is 5.91 Å². The number of carbonyl (C=O) groups is 2. The normalized spacial score (nSPS) is 12.2. The molecular weight excluding hydrogens is 408 g/mol. The summed E-state index contributed by atoms with van der Waals surface area (Å²) in [5.74, 6) is -13.1. The van der Waals surface area contributed by atoms with Crippen molar-refractivity contribution in [3.8, 4) is 0 Å². The van der Waals surface area contributed by atoms with E-state index in [0.717, 1.165) is 6.26 Å². The Labute approximate surface area is 146 Å². The SMILES string of the molecule is CS(=O)(=O)SC[C@H](NC(=O)c1c(F)c(F)c(N=[N+]=[N-])c(F)c1F)C(=O)O. The molecule has 0 radical (unpaired) electrons. The van der Waals surface area contributed by atoms with Crippen LogP contribution in [0.1, 0.15) is 10.4 Å². The molecule has 0 aromatic heterocycles. The lowest BCUT2D eigenvalue weighted by Gasteiger charge is -2.15. The average molecular weight is 416 g/mol.